The molecule has 1 saturated carbocycles. The standard InChI is InChI=1S/C16H30O2/c1-5-6-9-16(3,4)15(18)8-7-13-11-14(17)10-12(13)2/h7-8,12-15,17-18H,5-6,9-11H2,1-4H3/b8-7+/t12-,13-,14+,15?/m1/s1. The van der Waals surface area contributed by atoms with Crippen LogP contribution in [-0.2, 0) is 0 Å². The molecule has 0 amide bonds. The van der Waals surface area contributed by atoms with Gasteiger partial charge < -0.3 is 10.2 Å². The van der Waals surface area contributed by atoms with Crippen LogP contribution in [0.15, 0.2) is 12.2 Å². The van der Waals surface area contributed by atoms with Gasteiger partial charge in [0.25, 0.3) is 0 Å². The van der Waals surface area contributed by atoms with Gasteiger partial charge in [-0.3, -0.25) is 0 Å². The second-order valence-electron chi connectivity index (χ2n) is 6.69. The van der Waals surface area contributed by atoms with Crippen molar-refractivity contribution in [3.05, 3.63) is 12.2 Å². The molecule has 1 unspecified atom stereocenters. The summed E-state index contributed by atoms with van der Waals surface area (Å²) in [6.07, 6.45) is 8.67. The normalized spacial score (nSPS) is 31.1. The second kappa shape index (κ2) is 6.72. The first-order valence-corrected chi connectivity index (χ1v) is 7.41. The molecule has 4 atom stereocenters. The number of rotatable bonds is 6. The van der Waals surface area contributed by atoms with Gasteiger partial charge in [0.15, 0.2) is 0 Å². The molecule has 18 heavy (non-hydrogen) atoms. The first kappa shape index (κ1) is 15.7. The fraction of sp³-hybridized carbons (Fsp3) is 0.875. The van der Waals surface area contributed by atoms with Crippen molar-refractivity contribution in [1.29, 1.82) is 0 Å². The van der Waals surface area contributed by atoms with Crippen molar-refractivity contribution >= 4 is 0 Å². The summed E-state index contributed by atoms with van der Waals surface area (Å²) in [7, 11) is 0. The Balaban J connectivity index is 2.50. The van der Waals surface area contributed by atoms with Crippen molar-refractivity contribution in [2.45, 2.75) is 72.0 Å². The summed E-state index contributed by atoms with van der Waals surface area (Å²) in [5.41, 5.74) is -0.0486. The molecule has 2 N–H and O–H groups in total. The van der Waals surface area contributed by atoms with Gasteiger partial charge >= 0.3 is 0 Å². The summed E-state index contributed by atoms with van der Waals surface area (Å²) < 4.78 is 0. The van der Waals surface area contributed by atoms with Gasteiger partial charge in [0, 0.05) is 0 Å². The Morgan fingerprint density at radius 3 is 2.50 bits per heavy atom. The Labute approximate surface area is 112 Å². The maximum absolute atomic E-state index is 10.3. The van der Waals surface area contributed by atoms with Crippen LogP contribution in [0.1, 0.15) is 59.8 Å². The number of aliphatic hydroxyl groups excluding tert-OH is 2. The highest BCUT2D eigenvalue weighted by molar-refractivity contribution is 5.02. The first-order valence-electron chi connectivity index (χ1n) is 7.41. The summed E-state index contributed by atoms with van der Waals surface area (Å²) >= 11 is 0. The van der Waals surface area contributed by atoms with Gasteiger partial charge in [0.05, 0.1) is 12.2 Å². The van der Waals surface area contributed by atoms with Crippen molar-refractivity contribution < 1.29 is 10.2 Å². The lowest BCUT2D eigenvalue weighted by molar-refractivity contribution is 0.0809. The van der Waals surface area contributed by atoms with Gasteiger partial charge in [0.2, 0.25) is 0 Å². The van der Waals surface area contributed by atoms with Gasteiger partial charge in [0.1, 0.15) is 0 Å². The third kappa shape index (κ3) is 4.40. The van der Waals surface area contributed by atoms with Crippen molar-refractivity contribution in [3.8, 4) is 0 Å². The average Bonchev–Trinajstić information content (AvgIpc) is 2.62. The van der Waals surface area contributed by atoms with Crippen LogP contribution < -0.4 is 0 Å². The lowest BCUT2D eigenvalue weighted by atomic mass is 9.81. The molecule has 0 aromatic rings. The van der Waals surface area contributed by atoms with E-state index in [1.54, 1.807) is 0 Å². The highest BCUT2D eigenvalue weighted by Crippen LogP contribution is 2.34. The molecule has 0 spiro atoms. The molecule has 0 saturated heterocycles. The molecule has 0 aromatic carbocycles. The summed E-state index contributed by atoms with van der Waals surface area (Å²) in [5.74, 6) is 0.957. The van der Waals surface area contributed by atoms with E-state index in [1.165, 1.54) is 6.42 Å². The van der Waals surface area contributed by atoms with Gasteiger partial charge in [-0.2, -0.15) is 0 Å². The van der Waals surface area contributed by atoms with Crippen LogP contribution >= 0.6 is 0 Å². The molecule has 2 heteroatoms. The van der Waals surface area contributed by atoms with E-state index in [2.05, 4.69) is 33.8 Å². The highest BCUT2D eigenvalue weighted by Gasteiger charge is 2.29. The molecule has 106 valence electrons. The van der Waals surface area contributed by atoms with Gasteiger partial charge in [-0.25, -0.2) is 0 Å². The van der Waals surface area contributed by atoms with Crippen LogP contribution in [0.4, 0.5) is 0 Å². The molecule has 0 bridgehead atoms. The Morgan fingerprint density at radius 2 is 2.00 bits per heavy atom. The Hall–Kier alpha value is -0.340. The number of unbranched alkanes of at least 4 members (excludes halogenated alkanes) is 1. The molecule has 0 radical (unpaired) electrons. The minimum absolute atomic E-state index is 0.0486. The van der Waals surface area contributed by atoms with Crippen molar-refractivity contribution in [3.63, 3.8) is 0 Å². The summed E-state index contributed by atoms with van der Waals surface area (Å²) in [4.78, 5) is 0. The zero-order chi connectivity index (χ0) is 13.8. The van der Waals surface area contributed by atoms with E-state index in [9.17, 15) is 10.2 Å². The van der Waals surface area contributed by atoms with E-state index in [0.29, 0.717) is 11.8 Å². The third-order valence-corrected chi connectivity index (χ3v) is 4.43. The average molecular weight is 254 g/mol. The van der Waals surface area contributed by atoms with E-state index in [1.807, 2.05) is 6.08 Å². The fourth-order valence-corrected chi connectivity index (χ4v) is 2.80. The fourth-order valence-electron chi connectivity index (χ4n) is 2.80. The minimum Gasteiger partial charge on any atom is -0.393 e. The zero-order valence-corrected chi connectivity index (χ0v) is 12.4. The smallest absolute Gasteiger partial charge is 0.0771 e. The molecule has 1 aliphatic rings. The SMILES string of the molecule is CCCCC(C)(C)C(O)/C=C/[C@@H]1C[C@@H](O)C[C@H]1C. The molecular weight excluding hydrogens is 224 g/mol. The summed E-state index contributed by atoms with van der Waals surface area (Å²) in [6.45, 7) is 8.62. The molecule has 1 aliphatic carbocycles. The molecular formula is C16H30O2. The molecule has 0 heterocycles. The van der Waals surface area contributed by atoms with E-state index >= 15 is 0 Å². The van der Waals surface area contributed by atoms with E-state index in [-0.39, 0.29) is 17.6 Å². The van der Waals surface area contributed by atoms with Crippen LogP contribution in [0.25, 0.3) is 0 Å². The predicted octanol–water partition coefficient (Wildman–Crippen LogP) is 3.53. The highest BCUT2D eigenvalue weighted by atomic mass is 16.3. The molecule has 2 nitrogen and oxygen atoms in total. The maximum atomic E-state index is 10.3. The van der Waals surface area contributed by atoms with E-state index in [0.717, 1.165) is 25.7 Å². The van der Waals surface area contributed by atoms with Crippen LogP contribution in [-0.4, -0.2) is 22.4 Å². The van der Waals surface area contributed by atoms with Gasteiger partial charge in [-0.15, -0.1) is 0 Å². The second-order valence-corrected chi connectivity index (χ2v) is 6.69. The van der Waals surface area contributed by atoms with E-state index < -0.39 is 0 Å². The van der Waals surface area contributed by atoms with Crippen molar-refractivity contribution in [2.24, 2.45) is 17.3 Å². The molecule has 1 rings (SSSR count). The summed E-state index contributed by atoms with van der Waals surface area (Å²) in [6, 6.07) is 0. The number of allylic oxidation sites excluding steroid dienone is 1. The topological polar surface area (TPSA) is 40.5 Å². The number of hydrogen-bond acceptors (Lipinski definition) is 2. The van der Waals surface area contributed by atoms with Crippen LogP contribution in [0, 0.1) is 17.3 Å². The van der Waals surface area contributed by atoms with Gasteiger partial charge in [-0.05, 0) is 36.5 Å². The largest absolute Gasteiger partial charge is 0.393 e. The van der Waals surface area contributed by atoms with Crippen molar-refractivity contribution in [1.82, 2.24) is 0 Å². The Bertz CT molecular complexity index is 270. The first-order chi connectivity index (χ1) is 8.36. The maximum Gasteiger partial charge on any atom is 0.0771 e. The lowest BCUT2D eigenvalue weighted by Gasteiger charge is -2.28. The molecule has 0 aromatic heterocycles. The monoisotopic (exact) mass is 254 g/mol. The van der Waals surface area contributed by atoms with Gasteiger partial charge in [-0.1, -0.05) is 52.7 Å². The number of hydrogen-bond donors (Lipinski definition) is 2. The zero-order valence-electron chi connectivity index (χ0n) is 12.4. The minimum atomic E-state index is -0.381. The summed E-state index contributed by atoms with van der Waals surface area (Å²) in [5, 5.41) is 19.9. The lowest BCUT2D eigenvalue weighted by Crippen LogP contribution is -2.27. The Kier molecular flexibility index (Phi) is 5.87. The van der Waals surface area contributed by atoms with E-state index in [4.69, 9.17) is 0 Å². The quantitative estimate of drug-likeness (QED) is 0.712. The molecule has 1 fully saturated rings. The van der Waals surface area contributed by atoms with Crippen molar-refractivity contribution in [2.75, 3.05) is 0 Å². The Morgan fingerprint density at radius 1 is 1.33 bits per heavy atom. The van der Waals surface area contributed by atoms with Crippen LogP contribution in [0.2, 0.25) is 0 Å². The predicted molar refractivity (Wildman–Crippen MR) is 76.3 cm³/mol. The molecule has 0 aliphatic heterocycles. The van der Waals surface area contributed by atoms with Crippen LogP contribution in [0.5, 0.6) is 0 Å². The van der Waals surface area contributed by atoms with Crippen LogP contribution in [0.3, 0.4) is 0 Å². The third-order valence-electron chi connectivity index (χ3n) is 4.43. The number of aliphatic hydroxyl groups is 2.